The van der Waals surface area contributed by atoms with Gasteiger partial charge < -0.3 is 34.6 Å². The van der Waals surface area contributed by atoms with Gasteiger partial charge in [-0.25, -0.2) is 0 Å². The Morgan fingerprint density at radius 2 is 1.00 bits per heavy atom. The fourth-order valence-corrected chi connectivity index (χ4v) is 1.74. The molecule has 0 aliphatic heterocycles. The number of benzene rings is 2. The van der Waals surface area contributed by atoms with Crippen molar-refractivity contribution in [1.29, 1.82) is 0 Å². The van der Waals surface area contributed by atoms with Gasteiger partial charge >= 0.3 is 0 Å². The zero-order chi connectivity index (χ0) is 14.8. The Bertz CT molecular complexity index is 423. The van der Waals surface area contributed by atoms with E-state index in [0.29, 0.717) is 0 Å². The van der Waals surface area contributed by atoms with Crippen LogP contribution in [-0.2, 0) is 53.9 Å². The average molecular weight is 552 g/mol. The standard InChI is InChI=1S/2C9H12N.2ClH.2Pd/c2*1-10(2)8-9-6-4-3-5-7-9;;;;/h2*3-6H,8H2,1-2H3;2*1H;;/p-2. The molecule has 2 aromatic rings. The van der Waals surface area contributed by atoms with Crippen molar-refractivity contribution >= 4 is 0 Å². The third-order valence-electron chi connectivity index (χ3n) is 2.52. The Kier molecular flexibility index (Phi) is 26.1. The van der Waals surface area contributed by atoms with Gasteiger partial charge in [-0.2, -0.15) is 0 Å². The van der Waals surface area contributed by atoms with E-state index in [-0.39, 0.29) is 65.7 Å². The van der Waals surface area contributed by atoms with Crippen LogP contribution < -0.4 is 24.8 Å². The van der Waals surface area contributed by atoms with Crippen LogP contribution in [0.1, 0.15) is 11.1 Å². The SMILES string of the molecule is CN(C)Cc1[c]cccc1.CN(C)Cc1[c]cccc1.[Cl-].[Cl-].[Pd].[Pd]. The van der Waals surface area contributed by atoms with Crippen LogP contribution in [0.5, 0.6) is 0 Å². The van der Waals surface area contributed by atoms with E-state index in [1.165, 1.54) is 11.1 Å². The average Bonchev–Trinajstić information content (AvgIpc) is 2.40. The molecular weight excluding hydrogens is 528 g/mol. The summed E-state index contributed by atoms with van der Waals surface area (Å²) in [5, 5.41) is 0. The predicted octanol–water partition coefficient (Wildman–Crippen LogP) is -2.90. The van der Waals surface area contributed by atoms with Crippen molar-refractivity contribution < 1.29 is 65.7 Å². The van der Waals surface area contributed by atoms with Crippen LogP contribution in [-0.4, -0.2) is 38.0 Å². The van der Waals surface area contributed by atoms with Gasteiger partial charge in [-0.1, -0.05) is 48.5 Å². The number of rotatable bonds is 4. The molecule has 0 bridgehead atoms. The predicted molar refractivity (Wildman–Crippen MR) is 85.3 cm³/mol. The van der Waals surface area contributed by atoms with Gasteiger partial charge in [0.2, 0.25) is 0 Å². The van der Waals surface area contributed by atoms with Crippen molar-refractivity contribution in [3.05, 3.63) is 71.8 Å². The molecule has 0 unspecified atom stereocenters. The van der Waals surface area contributed by atoms with Crippen LogP contribution in [0, 0.1) is 12.1 Å². The Morgan fingerprint density at radius 1 is 0.667 bits per heavy atom. The van der Waals surface area contributed by atoms with E-state index in [2.05, 4.69) is 62.3 Å². The van der Waals surface area contributed by atoms with Crippen LogP contribution in [0.3, 0.4) is 0 Å². The van der Waals surface area contributed by atoms with Gasteiger partial charge in [0.1, 0.15) is 0 Å². The van der Waals surface area contributed by atoms with E-state index in [9.17, 15) is 0 Å². The molecule has 2 rings (SSSR count). The van der Waals surface area contributed by atoms with Crippen molar-refractivity contribution in [3.63, 3.8) is 0 Å². The minimum Gasteiger partial charge on any atom is -1.00 e. The first-order valence-electron chi connectivity index (χ1n) is 6.78. The van der Waals surface area contributed by atoms with Crippen molar-refractivity contribution in [3.8, 4) is 0 Å². The zero-order valence-corrected chi connectivity index (χ0v) is 18.9. The van der Waals surface area contributed by atoms with Crippen LogP contribution in [0.25, 0.3) is 0 Å². The topological polar surface area (TPSA) is 6.48 Å². The van der Waals surface area contributed by atoms with E-state index in [1.807, 2.05) is 36.4 Å². The minimum atomic E-state index is 0. The summed E-state index contributed by atoms with van der Waals surface area (Å²) in [4.78, 5) is 4.26. The second kappa shape index (κ2) is 19.6. The van der Waals surface area contributed by atoms with Gasteiger partial charge in [0.05, 0.1) is 0 Å². The van der Waals surface area contributed by atoms with Crippen molar-refractivity contribution in [2.75, 3.05) is 28.2 Å². The molecule has 2 nitrogen and oxygen atoms in total. The molecular formula is C18H24Cl2N2Pd2-2. The molecule has 6 heteroatoms. The van der Waals surface area contributed by atoms with Gasteiger partial charge in [0.25, 0.3) is 0 Å². The molecule has 0 aliphatic carbocycles. The van der Waals surface area contributed by atoms with Gasteiger partial charge in [0.15, 0.2) is 0 Å². The second-order valence-electron chi connectivity index (χ2n) is 5.25. The molecule has 0 fully saturated rings. The molecule has 0 aliphatic rings. The summed E-state index contributed by atoms with van der Waals surface area (Å²) < 4.78 is 0. The molecule has 2 aromatic carbocycles. The first kappa shape index (κ1) is 32.0. The normalized spacial score (nSPS) is 8.58. The van der Waals surface area contributed by atoms with Gasteiger partial charge in [-0.3, -0.25) is 0 Å². The second-order valence-corrected chi connectivity index (χ2v) is 5.25. The van der Waals surface area contributed by atoms with Gasteiger partial charge in [0, 0.05) is 53.9 Å². The van der Waals surface area contributed by atoms with E-state index in [0.717, 1.165) is 13.1 Å². The third-order valence-corrected chi connectivity index (χ3v) is 2.52. The van der Waals surface area contributed by atoms with Crippen molar-refractivity contribution in [2.45, 2.75) is 13.1 Å². The summed E-state index contributed by atoms with van der Waals surface area (Å²) in [6.07, 6.45) is 0. The molecule has 2 radical (unpaired) electrons. The summed E-state index contributed by atoms with van der Waals surface area (Å²) in [6.45, 7) is 1.95. The fraction of sp³-hybridized carbons (Fsp3) is 0.333. The molecule has 142 valence electrons. The van der Waals surface area contributed by atoms with E-state index in [4.69, 9.17) is 0 Å². The van der Waals surface area contributed by atoms with Crippen LogP contribution in [0.4, 0.5) is 0 Å². The van der Waals surface area contributed by atoms with Gasteiger partial charge in [-0.15, -0.1) is 0 Å². The molecule has 24 heavy (non-hydrogen) atoms. The maximum absolute atomic E-state index is 3.16. The van der Waals surface area contributed by atoms with Crippen molar-refractivity contribution in [2.24, 2.45) is 0 Å². The quantitative estimate of drug-likeness (QED) is 0.376. The fourth-order valence-electron chi connectivity index (χ4n) is 1.74. The number of hydrogen-bond donors (Lipinski definition) is 0. The first-order valence-corrected chi connectivity index (χ1v) is 6.78. The number of nitrogens with zero attached hydrogens (tertiary/aromatic N) is 2. The van der Waals surface area contributed by atoms with E-state index in [1.54, 1.807) is 0 Å². The molecule has 0 aromatic heterocycles. The van der Waals surface area contributed by atoms with Crippen LogP contribution >= 0.6 is 0 Å². The zero-order valence-electron chi connectivity index (χ0n) is 14.3. The number of halogens is 2. The largest absolute Gasteiger partial charge is 1.00 e. The smallest absolute Gasteiger partial charge is 0.0233 e. The van der Waals surface area contributed by atoms with Crippen molar-refractivity contribution in [1.82, 2.24) is 9.80 Å². The molecule has 0 heterocycles. The maximum Gasteiger partial charge on any atom is 0.0233 e. The molecule has 0 saturated carbocycles. The summed E-state index contributed by atoms with van der Waals surface area (Å²) in [6, 6.07) is 22.4. The minimum absolute atomic E-state index is 0. The third kappa shape index (κ3) is 17.1. The summed E-state index contributed by atoms with van der Waals surface area (Å²) in [7, 11) is 8.23. The van der Waals surface area contributed by atoms with E-state index >= 15 is 0 Å². The Labute approximate surface area is 187 Å². The Morgan fingerprint density at radius 3 is 1.21 bits per heavy atom. The molecule has 0 amide bonds. The monoisotopic (exact) mass is 550 g/mol. The first-order chi connectivity index (χ1) is 9.58. The number of hydrogen-bond acceptors (Lipinski definition) is 2. The van der Waals surface area contributed by atoms with Crippen LogP contribution in [0.2, 0.25) is 0 Å². The Hall–Kier alpha value is 0.265. The summed E-state index contributed by atoms with van der Waals surface area (Å²) in [5.74, 6) is 0. The molecule has 0 N–H and O–H groups in total. The molecule has 0 atom stereocenters. The van der Waals surface area contributed by atoms with Crippen LogP contribution in [0.15, 0.2) is 48.5 Å². The maximum atomic E-state index is 3.16. The van der Waals surface area contributed by atoms with Gasteiger partial charge in [-0.05, 0) is 51.5 Å². The Balaban J connectivity index is -0.000000143. The molecule has 0 spiro atoms. The van der Waals surface area contributed by atoms with E-state index < -0.39 is 0 Å². The summed E-state index contributed by atoms with van der Waals surface area (Å²) in [5.41, 5.74) is 2.49. The molecule has 0 saturated heterocycles. The summed E-state index contributed by atoms with van der Waals surface area (Å²) >= 11 is 0.